The Kier molecular flexibility index (Phi) is 9.40. The molecule has 0 saturated carbocycles. The van der Waals surface area contributed by atoms with E-state index in [0.717, 1.165) is 27.5 Å². The third-order valence-corrected chi connectivity index (χ3v) is 7.47. The number of aryl methyl sites for hydroxylation is 1. The molecule has 3 aromatic carbocycles. The van der Waals surface area contributed by atoms with Crippen LogP contribution in [0.5, 0.6) is 17.2 Å². The Balaban J connectivity index is 1.34. The molecule has 1 saturated heterocycles. The summed E-state index contributed by atoms with van der Waals surface area (Å²) in [5, 5.41) is -0.316. The van der Waals surface area contributed by atoms with E-state index in [1.165, 1.54) is 10.5 Å². The number of hydrogen-bond acceptors (Lipinski definition) is 6. The van der Waals surface area contributed by atoms with E-state index in [2.05, 4.69) is 48.8 Å². The number of ether oxygens (including phenoxy) is 3. The van der Waals surface area contributed by atoms with Crippen molar-refractivity contribution >= 4 is 44.9 Å². The quantitative estimate of drug-likeness (QED) is 0.174. The number of thioether (sulfide) groups is 1. The lowest BCUT2D eigenvalue weighted by molar-refractivity contribution is -0.123. The summed E-state index contributed by atoms with van der Waals surface area (Å²) in [6, 6.07) is 21.3. The average molecular weight is 611 g/mol. The summed E-state index contributed by atoms with van der Waals surface area (Å²) in [4.78, 5) is 27.1. The Labute approximate surface area is 242 Å². The molecule has 39 heavy (non-hydrogen) atoms. The Hall–Kier alpha value is -3.23. The van der Waals surface area contributed by atoms with Gasteiger partial charge in [0.15, 0.2) is 0 Å². The third kappa shape index (κ3) is 7.90. The maximum atomic E-state index is 13.0. The molecule has 1 fully saturated rings. The van der Waals surface area contributed by atoms with Crippen molar-refractivity contribution in [3.63, 3.8) is 0 Å². The predicted molar refractivity (Wildman–Crippen MR) is 160 cm³/mol. The monoisotopic (exact) mass is 609 g/mol. The predicted octanol–water partition coefficient (Wildman–Crippen LogP) is 7.63. The minimum Gasteiger partial charge on any atom is -0.492 e. The van der Waals surface area contributed by atoms with Crippen molar-refractivity contribution in [2.24, 2.45) is 0 Å². The van der Waals surface area contributed by atoms with Crippen molar-refractivity contribution in [3.8, 4) is 17.2 Å². The Morgan fingerprint density at radius 1 is 0.846 bits per heavy atom. The van der Waals surface area contributed by atoms with Crippen LogP contribution >= 0.6 is 27.7 Å². The van der Waals surface area contributed by atoms with Crippen LogP contribution in [0.4, 0.5) is 4.79 Å². The number of carbonyl (C=O) groups excluding carboxylic acids is 2. The van der Waals surface area contributed by atoms with Crippen LogP contribution in [0.2, 0.25) is 0 Å². The van der Waals surface area contributed by atoms with Gasteiger partial charge in [-0.25, -0.2) is 0 Å². The lowest BCUT2D eigenvalue weighted by Gasteiger charge is -2.19. The highest BCUT2D eigenvalue weighted by molar-refractivity contribution is 9.10. The maximum absolute atomic E-state index is 13.0. The van der Waals surface area contributed by atoms with Crippen LogP contribution < -0.4 is 14.2 Å². The Morgan fingerprint density at radius 2 is 1.46 bits per heavy atom. The lowest BCUT2D eigenvalue weighted by Crippen LogP contribution is -2.32. The molecule has 0 unspecified atom stereocenters. The molecule has 0 bridgehead atoms. The van der Waals surface area contributed by atoms with Gasteiger partial charge < -0.3 is 14.2 Å². The zero-order chi connectivity index (χ0) is 28.0. The van der Waals surface area contributed by atoms with Crippen LogP contribution in [-0.4, -0.2) is 42.4 Å². The molecule has 204 valence electrons. The highest BCUT2D eigenvalue weighted by Crippen LogP contribution is 2.35. The van der Waals surface area contributed by atoms with Crippen LogP contribution in [0.15, 0.2) is 76.1 Å². The Morgan fingerprint density at radius 3 is 2.13 bits per heavy atom. The number of amides is 2. The minimum absolute atomic E-state index is 0.0864. The third-order valence-electron chi connectivity index (χ3n) is 6.07. The van der Waals surface area contributed by atoms with E-state index in [4.69, 9.17) is 14.2 Å². The first kappa shape index (κ1) is 28.8. The molecular weight excluding hydrogens is 578 g/mol. The van der Waals surface area contributed by atoms with Crippen molar-refractivity contribution in [2.45, 2.75) is 33.1 Å². The van der Waals surface area contributed by atoms with Gasteiger partial charge in [0, 0.05) is 10.0 Å². The van der Waals surface area contributed by atoms with Gasteiger partial charge >= 0.3 is 0 Å². The van der Waals surface area contributed by atoms with Crippen molar-refractivity contribution in [1.29, 1.82) is 0 Å². The number of imide groups is 1. The average Bonchev–Trinajstić information content (AvgIpc) is 3.16. The number of halogens is 1. The molecule has 1 aliphatic rings. The van der Waals surface area contributed by atoms with Crippen molar-refractivity contribution < 1.29 is 23.8 Å². The van der Waals surface area contributed by atoms with Gasteiger partial charge in [-0.2, -0.15) is 0 Å². The number of benzene rings is 3. The van der Waals surface area contributed by atoms with Crippen LogP contribution in [0.25, 0.3) is 6.08 Å². The van der Waals surface area contributed by atoms with Crippen molar-refractivity contribution in [3.05, 3.63) is 92.8 Å². The summed E-state index contributed by atoms with van der Waals surface area (Å²) in [5.41, 5.74) is 3.17. The summed E-state index contributed by atoms with van der Waals surface area (Å²) < 4.78 is 18.4. The van der Waals surface area contributed by atoms with E-state index in [-0.39, 0.29) is 29.7 Å². The van der Waals surface area contributed by atoms with Crippen molar-refractivity contribution in [1.82, 2.24) is 4.90 Å². The molecule has 0 aliphatic carbocycles. The topological polar surface area (TPSA) is 65.1 Å². The summed E-state index contributed by atoms with van der Waals surface area (Å²) in [6.45, 7) is 9.59. The highest BCUT2D eigenvalue weighted by Gasteiger charge is 2.35. The zero-order valence-electron chi connectivity index (χ0n) is 22.5. The molecule has 0 atom stereocenters. The first-order valence-electron chi connectivity index (χ1n) is 12.7. The van der Waals surface area contributed by atoms with Gasteiger partial charge in [0.1, 0.15) is 37.1 Å². The van der Waals surface area contributed by atoms with Gasteiger partial charge in [-0.1, -0.05) is 72.6 Å². The summed E-state index contributed by atoms with van der Waals surface area (Å²) >= 11 is 4.40. The second-order valence-electron chi connectivity index (χ2n) is 10.1. The molecule has 2 amide bonds. The standard InChI is InChI=1S/C31H32BrNO5S/c1-21-5-11-25(12-6-21)36-16-15-33-29(34)28(39-30(33)35)19-22-7-10-24(32)20-27(22)38-18-17-37-26-13-8-23(9-14-26)31(2,3)4/h5-14,19-20H,15-18H2,1-4H3/b28-19-. The van der Waals surface area contributed by atoms with Gasteiger partial charge in [0.2, 0.25) is 0 Å². The van der Waals surface area contributed by atoms with Gasteiger partial charge in [0.25, 0.3) is 11.1 Å². The highest BCUT2D eigenvalue weighted by atomic mass is 79.9. The molecule has 1 aliphatic heterocycles. The number of hydrogen-bond donors (Lipinski definition) is 0. The molecule has 6 nitrogen and oxygen atoms in total. The van der Waals surface area contributed by atoms with Crippen LogP contribution in [0.3, 0.4) is 0 Å². The van der Waals surface area contributed by atoms with Gasteiger partial charge in [-0.3, -0.25) is 14.5 Å². The summed E-state index contributed by atoms with van der Waals surface area (Å²) in [6.07, 6.45) is 1.69. The van der Waals surface area contributed by atoms with E-state index >= 15 is 0 Å². The maximum Gasteiger partial charge on any atom is 0.293 e. The van der Waals surface area contributed by atoms with Crippen LogP contribution in [0, 0.1) is 6.92 Å². The summed E-state index contributed by atoms with van der Waals surface area (Å²) in [5.74, 6) is 1.73. The second kappa shape index (κ2) is 12.7. The summed E-state index contributed by atoms with van der Waals surface area (Å²) in [7, 11) is 0. The minimum atomic E-state index is -0.339. The van der Waals surface area contributed by atoms with E-state index in [1.54, 1.807) is 6.08 Å². The molecular formula is C31H32BrNO5S. The first-order valence-corrected chi connectivity index (χ1v) is 14.3. The zero-order valence-corrected chi connectivity index (χ0v) is 24.9. The van der Waals surface area contributed by atoms with Gasteiger partial charge in [-0.05, 0) is 72.1 Å². The van der Waals surface area contributed by atoms with Crippen LogP contribution in [0.1, 0.15) is 37.5 Å². The Bertz CT molecular complexity index is 1350. The molecule has 8 heteroatoms. The SMILES string of the molecule is Cc1ccc(OCCN2C(=O)S/C(=C\c3ccc(Br)cc3OCCOc3ccc(C(C)(C)C)cc3)C2=O)cc1. The smallest absolute Gasteiger partial charge is 0.293 e. The van der Waals surface area contributed by atoms with E-state index in [1.807, 2.05) is 61.5 Å². The molecule has 0 N–H and O–H groups in total. The van der Waals surface area contributed by atoms with E-state index in [0.29, 0.717) is 35.2 Å². The molecule has 0 aromatic heterocycles. The molecule has 3 aromatic rings. The molecule has 1 heterocycles. The molecule has 0 radical (unpaired) electrons. The largest absolute Gasteiger partial charge is 0.492 e. The molecule has 4 rings (SSSR count). The van der Waals surface area contributed by atoms with Gasteiger partial charge in [-0.15, -0.1) is 0 Å². The fourth-order valence-corrected chi connectivity index (χ4v) is 5.03. The second-order valence-corrected chi connectivity index (χ2v) is 12.1. The van der Waals surface area contributed by atoms with Gasteiger partial charge in [0.05, 0.1) is 11.4 Å². The van der Waals surface area contributed by atoms with E-state index < -0.39 is 0 Å². The first-order chi connectivity index (χ1) is 18.6. The number of rotatable bonds is 10. The number of nitrogens with zero attached hydrogens (tertiary/aromatic N) is 1. The normalized spacial score (nSPS) is 14.7. The van der Waals surface area contributed by atoms with E-state index in [9.17, 15) is 9.59 Å². The number of carbonyl (C=O) groups is 2. The van der Waals surface area contributed by atoms with Crippen LogP contribution in [-0.2, 0) is 10.2 Å². The molecule has 0 spiro atoms. The fourth-order valence-electron chi connectivity index (χ4n) is 3.84. The van der Waals surface area contributed by atoms with Crippen molar-refractivity contribution in [2.75, 3.05) is 26.4 Å². The fraction of sp³-hybridized carbons (Fsp3) is 0.290. The lowest BCUT2D eigenvalue weighted by atomic mass is 9.87.